The summed E-state index contributed by atoms with van der Waals surface area (Å²) in [6, 6.07) is 2.10. The van der Waals surface area contributed by atoms with Crippen LogP contribution in [0.3, 0.4) is 0 Å². The Morgan fingerprint density at radius 2 is 1.85 bits per heavy atom. The molecule has 1 amide bonds. The number of amides is 1. The van der Waals surface area contributed by atoms with Gasteiger partial charge in [0.1, 0.15) is 12.1 Å². The maximum absolute atomic E-state index is 12.9. The Hall–Kier alpha value is -2.44. The third kappa shape index (κ3) is 2.85. The highest BCUT2D eigenvalue weighted by Crippen LogP contribution is 2.34. The lowest BCUT2D eigenvalue weighted by molar-refractivity contribution is 0.0781. The molecule has 0 radical (unpaired) electrons. The second-order valence-corrected chi connectivity index (χ2v) is 7.90. The van der Waals surface area contributed by atoms with Gasteiger partial charge in [-0.3, -0.25) is 9.89 Å². The number of carbonyl (C=O) groups is 1. The minimum Gasteiger partial charge on any atom is -0.356 e. The van der Waals surface area contributed by atoms with Gasteiger partial charge in [0.05, 0.1) is 11.3 Å². The molecule has 7 heteroatoms. The minimum absolute atomic E-state index is 0.110. The summed E-state index contributed by atoms with van der Waals surface area (Å²) in [5.74, 6) is 2.53. The molecule has 7 nitrogen and oxygen atoms in total. The Bertz CT molecular complexity index is 796. The molecule has 4 rings (SSSR count). The molecule has 2 aromatic rings. The number of aryl methyl sites for hydroxylation is 2. The fourth-order valence-corrected chi connectivity index (χ4v) is 4.22. The Morgan fingerprint density at radius 1 is 1.15 bits per heavy atom. The van der Waals surface area contributed by atoms with Gasteiger partial charge in [-0.05, 0) is 19.8 Å². The van der Waals surface area contributed by atoms with Gasteiger partial charge >= 0.3 is 0 Å². The van der Waals surface area contributed by atoms with Crippen LogP contribution < -0.4 is 4.90 Å². The third-order valence-electron chi connectivity index (χ3n) is 5.70. The molecule has 2 aliphatic heterocycles. The Morgan fingerprint density at radius 3 is 2.42 bits per heavy atom. The van der Waals surface area contributed by atoms with E-state index in [1.807, 2.05) is 18.7 Å². The van der Waals surface area contributed by atoms with Gasteiger partial charge in [-0.2, -0.15) is 5.10 Å². The van der Waals surface area contributed by atoms with Crippen LogP contribution in [0.5, 0.6) is 0 Å². The summed E-state index contributed by atoms with van der Waals surface area (Å²) in [4.78, 5) is 26.1. The van der Waals surface area contributed by atoms with Gasteiger partial charge in [0.25, 0.3) is 5.91 Å². The molecule has 0 aliphatic carbocycles. The van der Waals surface area contributed by atoms with E-state index in [2.05, 4.69) is 45.0 Å². The molecule has 2 aromatic heterocycles. The number of aromatic nitrogens is 4. The first-order valence-electron chi connectivity index (χ1n) is 9.31. The molecule has 2 fully saturated rings. The quantitative estimate of drug-likeness (QED) is 0.914. The van der Waals surface area contributed by atoms with Crippen molar-refractivity contribution in [2.75, 3.05) is 31.1 Å². The molecule has 0 aromatic carbocycles. The first kappa shape index (κ1) is 17.0. The van der Waals surface area contributed by atoms with E-state index in [1.165, 1.54) is 0 Å². The maximum atomic E-state index is 12.9. The number of rotatable bonds is 3. The molecule has 2 atom stereocenters. The number of aromatic amines is 1. The maximum Gasteiger partial charge on any atom is 0.257 e. The summed E-state index contributed by atoms with van der Waals surface area (Å²) >= 11 is 0. The number of hydrogen-bond acceptors (Lipinski definition) is 5. The van der Waals surface area contributed by atoms with Gasteiger partial charge in [0, 0.05) is 55.5 Å². The lowest BCUT2D eigenvalue weighted by Gasteiger charge is -2.23. The lowest BCUT2D eigenvalue weighted by Crippen LogP contribution is -2.34. The van der Waals surface area contributed by atoms with Crippen molar-refractivity contribution < 1.29 is 4.79 Å². The SMILES string of the molecule is Cc1n[nH]c(C)c1C(=O)N1CC2CN(c3cc(C(C)C)ncn3)CC2C1. The van der Waals surface area contributed by atoms with Crippen LogP contribution in [0.25, 0.3) is 0 Å². The normalized spacial score (nSPS) is 22.3. The predicted octanol–water partition coefficient (Wildman–Crippen LogP) is 2.15. The van der Waals surface area contributed by atoms with Crippen molar-refractivity contribution in [3.05, 3.63) is 35.0 Å². The summed E-state index contributed by atoms with van der Waals surface area (Å²) in [5, 5.41) is 7.07. The topological polar surface area (TPSA) is 78.0 Å². The first-order chi connectivity index (χ1) is 12.4. The lowest BCUT2D eigenvalue weighted by atomic mass is 10.0. The molecule has 138 valence electrons. The molecule has 26 heavy (non-hydrogen) atoms. The molecule has 2 aliphatic rings. The van der Waals surface area contributed by atoms with Gasteiger partial charge in [0.2, 0.25) is 0 Å². The van der Waals surface area contributed by atoms with Crippen LogP contribution in [0, 0.1) is 25.7 Å². The standard InChI is InChI=1S/C19H26N6O/c1-11(2)16-5-17(21-10-20-16)24-6-14-8-25(9-15(14)7-24)19(26)18-12(3)22-23-13(18)4/h5,10-11,14-15H,6-9H2,1-4H3,(H,22,23). The fraction of sp³-hybridized carbons (Fsp3) is 0.579. The zero-order chi connectivity index (χ0) is 18.4. The van der Waals surface area contributed by atoms with E-state index >= 15 is 0 Å². The first-order valence-corrected chi connectivity index (χ1v) is 9.31. The molecule has 1 N–H and O–H groups in total. The van der Waals surface area contributed by atoms with Crippen LogP contribution in [-0.2, 0) is 0 Å². The fourth-order valence-electron chi connectivity index (χ4n) is 4.22. The van der Waals surface area contributed by atoms with Gasteiger partial charge in [-0.1, -0.05) is 13.8 Å². The monoisotopic (exact) mass is 354 g/mol. The van der Waals surface area contributed by atoms with Crippen LogP contribution in [0.2, 0.25) is 0 Å². The van der Waals surface area contributed by atoms with Crippen LogP contribution in [0.15, 0.2) is 12.4 Å². The summed E-state index contributed by atoms with van der Waals surface area (Å²) < 4.78 is 0. The third-order valence-corrected chi connectivity index (χ3v) is 5.70. The van der Waals surface area contributed by atoms with Gasteiger partial charge < -0.3 is 9.80 Å². The van der Waals surface area contributed by atoms with Crippen LogP contribution in [-0.4, -0.2) is 57.2 Å². The van der Waals surface area contributed by atoms with E-state index in [0.29, 0.717) is 17.8 Å². The van der Waals surface area contributed by atoms with Gasteiger partial charge in [-0.15, -0.1) is 0 Å². The number of nitrogens with one attached hydrogen (secondary N) is 1. The van der Waals surface area contributed by atoms with Crippen molar-refractivity contribution in [1.29, 1.82) is 0 Å². The highest BCUT2D eigenvalue weighted by Gasteiger charge is 2.42. The van der Waals surface area contributed by atoms with E-state index in [-0.39, 0.29) is 5.91 Å². The number of anilines is 1. The van der Waals surface area contributed by atoms with Crippen molar-refractivity contribution in [2.24, 2.45) is 11.8 Å². The van der Waals surface area contributed by atoms with E-state index in [0.717, 1.165) is 54.6 Å². The molecular weight excluding hydrogens is 328 g/mol. The highest BCUT2D eigenvalue weighted by atomic mass is 16.2. The smallest absolute Gasteiger partial charge is 0.257 e. The summed E-state index contributed by atoms with van der Waals surface area (Å²) in [6.07, 6.45) is 1.67. The summed E-state index contributed by atoms with van der Waals surface area (Å²) in [7, 11) is 0. The Balaban J connectivity index is 1.45. The van der Waals surface area contributed by atoms with Crippen molar-refractivity contribution in [2.45, 2.75) is 33.6 Å². The molecule has 2 unspecified atom stereocenters. The average molecular weight is 354 g/mol. The van der Waals surface area contributed by atoms with Crippen LogP contribution in [0.1, 0.15) is 47.2 Å². The molecule has 2 saturated heterocycles. The van der Waals surface area contributed by atoms with Crippen LogP contribution in [0.4, 0.5) is 5.82 Å². The predicted molar refractivity (Wildman–Crippen MR) is 99.3 cm³/mol. The van der Waals surface area contributed by atoms with E-state index in [4.69, 9.17) is 0 Å². The number of carbonyl (C=O) groups excluding carboxylic acids is 1. The van der Waals surface area contributed by atoms with E-state index < -0.39 is 0 Å². The van der Waals surface area contributed by atoms with Gasteiger partial charge in [-0.25, -0.2) is 9.97 Å². The van der Waals surface area contributed by atoms with Crippen molar-refractivity contribution >= 4 is 11.7 Å². The minimum atomic E-state index is 0.110. The number of H-pyrrole nitrogens is 1. The van der Waals surface area contributed by atoms with Crippen molar-refractivity contribution in [3.63, 3.8) is 0 Å². The molecule has 0 spiro atoms. The molecule has 0 bridgehead atoms. The van der Waals surface area contributed by atoms with E-state index in [9.17, 15) is 4.79 Å². The Labute approximate surface area is 153 Å². The van der Waals surface area contributed by atoms with Crippen molar-refractivity contribution in [3.8, 4) is 0 Å². The highest BCUT2D eigenvalue weighted by molar-refractivity contribution is 5.96. The van der Waals surface area contributed by atoms with Crippen LogP contribution >= 0.6 is 0 Å². The summed E-state index contributed by atoms with van der Waals surface area (Å²) in [5.41, 5.74) is 3.45. The van der Waals surface area contributed by atoms with E-state index in [1.54, 1.807) is 6.33 Å². The second kappa shape index (κ2) is 6.37. The zero-order valence-corrected chi connectivity index (χ0v) is 15.9. The largest absolute Gasteiger partial charge is 0.356 e. The summed E-state index contributed by atoms with van der Waals surface area (Å²) in [6.45, 7) is 11.6. The van der Waals surface area contributed by atoms with Crippen molar-refractivity contribution in [1.82, 2.24) is 25.1 Å². The number of likely N-dealkylation sites (tertiary alicyclic amines) is 1. The molecule has 4 heterocycles. The molecular formula is C19H26N6O. The number of nitrogens with zero attached hydrogens (tertiary/aromatic N) is 5. The Kier molecular flexibility index (Phi) is 4.17. The molecule has 0 saturated carbocycles. The van der Waals surface area contributed by atoms with Gasteiger partial charge in [0.15, 0.2) is 0 Å². The number of hydrogen-bond donors (Lipinski definition) is 1. The number of fused-ring (bicyclic) bond motifs is 1. The zero-order valence-electron chi connectivity index (χ0n) is 15.9. The average Bonchev–Trinajstić information content (AvgIpc) is 3.27. The second-order valence-electron chi connectivity index (χ2n) is 7.90.